The lowest BCUT2D eigenvalue weighted by molar-refractivity contribution is 1.08. The highest BCUT2D eigenvalue weighted by Crippen LogP contribution is 2.27. The maximum atomic E-state index is 6.00. The van der Waals surface area contributed by atoms with Crippen molar-refractivity contribution < 1.29 is 0 Å². The average Bonchev–Trinajstić information content (AvgIpc) is 2.55. The molecule has 2 aromatic heterocycles. The van der Waals surface area contributed by atoms with Crippen molar-refractivity contribution in [1.82, 2.24) is 9.66 Å². The molecule has 3 rings (SSSR count). The van der Waals surface area contributed by atoms with Gasteiger partial charge in [0.05, 0.1) is 5.52 Å². The lowest BCUT2D eigenvalue weighted by Crippen LogP contribution is -2.07. The molecule has 2 heterocycles. The summed E-state index contributed by atoms with van der Waals surface area (Å²) in [6.07, 6.45) is 1.79. The largest absolute Gasteiger partial charge is 0.337 e. The van der Waals surface area contributed by atoms with E-state index in [0.717, 1.165) is 16.6 Å². The Bertz CT molecular complexity index is 652. The quantitative estimate of drug-likeness (QED) is 0.561. The summed E-state index contributed by atoms with van der Waals surface area (Å²) in [6.45, 7) is 2.08. The van der Waals surface area contributed by atoms with Gasteiger partial charge in [-0.15, -0.1) is 0 Å². The summed E-state index contributed by atoms with van der Waals surface area (Å²) >= 11 is 0. The van der Waals surface area contributed by atoms with Gasteiger partial charge in [0.25, 0.3) is 0 Å². The van der Waals surface area contributed by atoms with E-state index < -0.39 is 0 Å². The van der Waals surface area contributed by atoms with E-state index in [0.29, 0.717) is 0 Å². The lowest BCUT2D eigenvalue weighted by atomic mass is 10.1. The molecule has 0 unspecified atom stereocenters. The molecule has 0 atom stereocenters. The molecular formula is C12H11N3. The molecule has 2 N–H and O–H groups in total. The van der Waals surface area contributed by atoms with Crippen molar-refractivity contribution >= 4 is 21.9 Å². The fourth-order valence-electron chi connectivity index (χ4n) is 2.07. The Hall–Kier alpha value is -2.03. The molecule has 0 spiro atoms. The molecule has 3 heteroatoms. The average molecular weight is 197 g/mol. The Kier molecular flexibility index (Phi) is 1.51. The summed E-state index contributed by atoms with van der Waals surface area (Å²) in [5.74, 6) is 6.00. The Morgan fingerprint density at radius 1 is 1.20 bits per heavy atom. The standard InChI is InChI=1S/C12H11N3/c1-8-6-7-14-12-11(8)9-4-2-3-5-10(9)15(12)13/h2-7H,13H2,1H3. The molecule has 15 heavy (non-hydrogen) atoms. The molecule has 0 aliphatic heterocycles. The minimum absolute atomic E-state index is 0.844. The minimum atomic E-state index is 0.844. The second-order valence-corrected chi connectivity index (χ2v) is 3.71. The molecule has 0 bridgehead atoms. The molecule has 0 fully saturated rings. The third kappa shape index (κ3) is 0.973. The summed E-state index contributed by atoms with van der Waals surface area (Å²) in [7, 11) is 0. The first-order valence-corrected chi connectivity index (χ1v) is 4.89. The van der Waals surface area contributed by atoms with Gasteiger partial charge in [0.15, 0.2) is 5.65 Å². The number of hydrogen-bond donors (Lipinski definition) is 1. The van der Waals surface area contributed by atoms with Crippen molar-refractivity contribution in [2.24, 2.45) is 0 Å². The summed E-state index contributed by atoms with van der Waals surface area (Å²) in [4.78, 5) is 4.32. The van der Waals surface area contributed by atoms with Crippen molar-refractivity contribution in [3.63, 3.8) is 0 Å². The lowest BCUT2D eigenvalue weighted by Gasteiger charge is -1.96. The first kappa shape index (κ1) is 8.29. The van der Waals surface area contributed by atoms with Crippen molar-refractivity contribution in [2.45, 2.75) is 6.92 Å². The number of nitrogen functional groups attached to an aromatic ring is 1. The fraction of sp³-hybridized carbons (Fsp3) is 0.0833. The van der Waals surface area contributed by atoms with Crippen LogP contribution >= 0.6 is 0 Å². The van der Waals surface area contributed by atoms with Gasteiger partial charge >= 0.3 is 0 Å². The van der Waals surface area contributed by atoms with E-state index in [9.17, 15) is 0 Å². The zero-order chi connectivity index (χ0) is 10.4. The molecular weight excluding hydrogens is 186 g/mol. The number of para-hydroxylation sites is 1. The first-order chi connectivity index (χ1) is 7.29. The molecule has 1 aromatic carbocycles. The topological polar surface area (TPSA) is 43.8 Å². The molecule has 0 radical (unpaired) electrons. The Balaban J connectivity index is 2.70. The van der Waals surface area contributed by atoms with Gasteiger partial charge in [0.2, 0.25) is 0 Å². The zero-order valence-electron chi connectivity index (χ0n) is 8.44. The predicted octanol–water partition coefficient (Wildman–Crippen LogP) is 2.21. The van der Waals surface area contributed by atoms with Gasteiger partial charge in [0.1, 0.15) is 0 Å². The van der Waals surface area contributed by atoms with Crippen molar-refractivity contribution in [2.75, 3.05) is 5.84 Å². The summed E-state index contributed by atoms with van der Waals surface area (Å²) < 4.78 is 1.65. The van der Waals surface area contributed by atoms with E-state index in [1.54, 1.807) is 10.9 Å². The highest BCUT2D eigenvalue weighted by Gasteiger charge is 2.10. The molecule has 0 aliphatic rings. The third-order valence-corrected chi connectivity index (χ3v) is 2.80. The van der Waals surface area contributed by atoms with Crippen molar-refractivity contribution in [1.29, 1.82) is 0 Å². The van der Waals surface area contributed by atoms with Crippen LogP contribution in [0.4, 0.5) is 0 Å². The van der Waals surface area contributed by atoms with Crippen LogP contribution in [0.1, 0.15) is 5.56 Å². The van der Waals surface area contributed by atoms with E-state index in [-0.39, 0.29) is 0 Å². The number of nitrogens with zero attached hydrogens (tertiary/aromatic N) is 2. The molecule has 0 saturated carbocycles. The molecule has 3 nitrogen and oxygen atoms in total. The number of aromatic nitrogens is 2. The van der Waals surface area contributed by atoms with Crippen LogP contribution in [0.15, 0.2) is 36.5 Å². The zero-order valence-corrected chi connectivity index (χ0v) is 8.44. The number of fused-ring (bicyclic) bond motifs is 3. The number of aryl methyl sites for hydroxylation is 1. The van der Waals surface area contributed by atoms with Crippen LogP contribution in [-0.4, -0.2) is 9.66 Å². The minimum Gasteiger partial charge on any atom is -0.337 e. The van der Waals surface area contributed by atoms with Crippen LogP contribution in [-0.2, 0) is 0 Å². The van der Waals surface area contributed by atoms with Crippen LogP contribution in [0.2, 0.25) is 0 Å². The normalized spacial score (nSPS) is 11.3. The van der Waals surface area contributed by atoms with E-state index >= 15 is 0 Å². The number of pyridine rings is 1. The Morgan fingerprint density at radius 2 is 2.00 bits per heavy atom. The third-order valence-electron chi connectivity index (χ3n) is 2.80. The Labute approximate surface area is 87.1 Å². The van der Waals surface area contributed by atoms with Gasteiger partial charge in [-0.05, 0) is 24.6 Å². The van der Waals surface area contributed by atoms with Crippen LogP contribution in [0.3, 0.4) is 0 Å². The second-order valence-electron chi connectivity index (χ2n) is 3.71. The Morgan fingerprint density at radius 3 is 2.87 bits per heavy atom. The van der Waals surface area contributed by atoms with E-state index in [1.165, 1.54) is 10.9 Å². The summed E-state index contributed by atoms with van der Waals surface area (Å²) in [5, 5.41) is 2.32. The second kappa shape index (κ2) is 2.73. The molecule has 3 aromatic rings. The van der Waals surface area contributed by atoms with Gasteiger partial charge in [-0.1, -0.05) is 18.2 Å². The smallest absolute Gasteiger partial charge is 0.159 e. The highest BCUT2D eigenvalue weighted by molar-refractivity contribution is 6.08. The SMILES string of the molecule is Cc1ccnc2c1c1ccccc1n2N. The van der Waals surface area contributed by atoms with E-state index in [1.807, 2.05) is 24.3 Å². The highest BCUT2D eigenvalue weighted by atomic mass is 15.3. The number of hydrogen-bond acceptors (Lipinski definition) is 2. The van der Waals surface area contributed by atoms with Crippen molar-refractivity contribution in [3.05, 3.63) is 42.1 Å². The molecule has 0 saturated heterocycles. The van der Waals surface area contributed by atoms with Crippen LogP contribution < -0.4 is 5.84 Å². The van der Waals surface area contributed by atoms with Gasteiger partial charge < -0.3 is 5.84 Å². The maximum Gasteiger partial charge on any atom is 0.159 e. The van der Waals surface area contributed by atoms with Crippen molar-refractivity contribution in [3.8, 4) is 0 Å². The first-order valence-electron chi connectivity index (χ1n) is 4.89. The number of benzene rings is 1. The molecule has 0 amide bonds. The predicted molar refractivity (Wildman–Crippen MR) is 62.1 cm³/mol. The number of rotatable bonds is 0. The number of nitrogens with two attached hydrogens (primary N) is 1. The molecule has 0 aliphatic carbocycles. The van der Waals surface area contributed by atoms with E-state index in [2.05, 4.69) is 18.0 Å². The van der Waals surface area contributed by atoms with Gasteiger partial charge in [-0.2, -0.15) is 0 Å². The summed E-state index contributed by atoms with van der Waals surface area (Å²) in [6, 6.07) is 10.1. The van der Waals surface area contributed by atoms with Gasteiger partial charge in [-0.25, -0.2) is 9.66 Å². The van der Waals surface area contributed by atoms with Crippen LogP contribution in [0.5, 0.6) is 0 Å². The molecule has 74 valence electrons. The summed E-state index contributed by atoms with van der Waals surface area (Å²) in [5.41, 5.74) is 3.07. The monoisotopic (exact) mass is 197 g/mol. The van der Waals surface area contributed by atoms with Gasteiger partial charge in [-0.3, -0.25) is 0 Å². The maximum absolute atomic E-state index is 6.00. The van der Waals surface area contributed by atoms with Gasteiger partial charge in [0, 0.05) is 17.0 Å². The fourth-order valence-corrected chi connectivity index (χ4v) is 2.07. The van der Waals surface area contributed by atoms with Crippen LogP contribution in [0, 0.1) is 6.92 Å². The van der Waals surface area contributed by atoms with E-state index in [4.69, 9.17) is 5.84 Å². The van der Waals surface area contributed by atoms with Crippen LogP contribution in [0.25, 0.3) is 21.9 Å².